The van der Waals surface area contributed by atoms with E-state index >= 15 is 0 Å². The Morgan fingerprint density at radius 2 is 2.00 bits per heavy atom. The zero-order chi connectivity index (χ0) is 11.4. The lowest BCUT2D eigenvalue weighted by molar-refractivity contribution is 0.0713. The van der Waals surface area contributed by atoms with Gasteiger partial charge in [0.2, 0.25) is 0 Å². The molecule has 1 amide bonds. The molecule has 0 aliphatic rings. The largest absolute Gasteiger partial charge is 0.336 e. The molecule has 0 aromatic heterocycles. The van der Waals surface area contributed by atoms with Gasteiger partial charge in [0, 0.05) is 17.5 Å². The monoisotopic (exact) mass is 223 g/mol. The van der Waals surface area contributed by atoms with Crippen molar-refractivity contribution < 1.29 is 4.79 Å². The van der Waals surface area contributed by atoms with Gasteiger partial charge < -0.3 is 4.90 Å². The minimum absolute atomic E-state index is 0.0538. The Hall–Kier alpha value is -0.960. The van der Waals surface area contributed by atoms with Crippen LogP contribution in [0.4, 0.5) is 0 Å². The highest BCUT2D eigenvalue weighted by molar-refractivity contribution is 7.80. The van der Waals surface area contributed by atoms with Gasteiger partial charge in [-0.1, -0.05) is 12.1 Å². The molecule has 0 saturated carbocycles. The van der Waals surface area contributed by atoms with Crippen LogP contribution in [0, 0.1) is 0 Å². The topological polar surface area (TPSA) is 20.3 Å². The highest BCUT2D eigenvalue weighted by Crippen LogP contribution is 2.16. The molecule has 15 heavy (non-hydrogen) atoms. The van der Waals surface area contributed by atoms with Crippen LogP contribution in [0.5, 0.6) is 0 Å². The number of hydrogen-bond donors (Lipinski definition) is 1. The van der Waals surface area contributed by atoms with E-state index in [4.69, 9.17) is 0 Å². The highest BCUT2D eigenvalue weighted by Gasteiger charge is 2.18. The molecule has 0 aliphatic heterocycles. The Kier molecular flexibility index (Phi) is 4.21. The van der Waals surface area contributed by atoms with Crippen LogP contribution in [0.1, 0.15) is 31.1 Å². The summed E-state index contributed by atoms with van der Waals surface area (Å²) in [5.74, 6) is 0.0538. The Labute approximate surface area is 96.7 Å². The molecule has 0 atom stereocenters. The number of rotatable bonds is 3. The van der Waals surface area contributed by atoms with Crippen LogP contribution < -0.4 is 0 Å². The van der Waals surface area contributed by atoms with E-state index in [-0.39, 0.29) is 11.9 Å². The van der Waals surface area contributed by atoms with E-state index in [2.05, 4.69) is 12.6 Å². The summed E-state index contributed by atoms with van der Waals surface area (Å²) in [5, 5.41) is 0. The molecule has 0 radical (unpaired) electrons. The molecule has 0 aliphatic carbocycles. The van der Waals surface area contributed by atoms with E-state index < -0.39 is 0 Å². The lowest BCUT2D eigenvalue weighted by atomic mass is 10.1. The van der Waals surface area contributed by atoms with Gasteiger partial charge in [0.1, 0.15) is 0 Å². The van der Waals surface area contributed by atoms with Crippen LogP contribution in [-0.4, -0.2) is 23.4 Å². The number of amides is 1. The third-order valence-electron chi connectivity index (χ3n) is 2.36. The van der Waals surface area contributed by atoms with Crippen molar-refractivity contribution in [1.29, 1.82) is 0 Å². The van der Waals surface area contributed by atoms with Crippen molar-refractivity contribution in [2.75, 3.05) is 6.54 Å². The second kappa shape index (κ2) is 5.21. The third-order valence-corrected chi connectivity index (χ3v) is 2.75. The number of hydrogen-bond acceptors (Lipinski definition) is 2. The van der Waals surface area contributed by atoms with E-state index in [9.17, 15) is 4.79 Å². The molecule has 1 rings (SSSR count). The predicted molar refractivity (Wildman–Crippen MR) is 65.5 cm³/mol. The van der Waals surface area contributed by atoms with Gasteiger partial charge in [-0.05, 0) is 32.9 Å². The van der Waals surface area contributed by atoms with Gasteiger partial charge in [-0.15, -0.1) is 12.6 Å². The first-order valence-corrected chi connectivity index (χ1v) is 5.61. The molecule has 82 valence electrons. The molecule has 0 saturated heterocycles. The Bertz CT molecular complexity index is 349. The van der Waals surface area contributed by atoms with Crippen LogP contribution in [-0.2, 0) is 0 Å². The van der Waals surface area contributed by atoms with Gasteiger partial charge >= 0.3 is 0 Å². The molecular formula is C12H17NOS. The lowest BCUT2D eigenvalue weighted by Gasteiger charge is -2.25. The summed E-state index contributed by atoms with van der Waals surface area (Å²) in [4.78, 5) is 14.7. The average Bonchev–Trinajstić information content (AvgIpc) is 2.18. The SMILES string of the molecule is CCN(C(=O)c1ccccc1S)C(C)C. The lowest BCUT2D eigenvalue weighted by Crippen LogP contribution is -2.36. The first-order chi connectivity index (χ1) is 7.07. The third kappa shape index (κ3) is 2.75. The first-order valence-electron chi connectivity index (χ1n) is 5.16. The maximum Gasteiger partial charge on any atom is 0.255 e. The number of thiol groups is 1. The number of benzene rings is 1. The van der Waals surface area contributed by atoms with Crippen molar-refractivity contribution >= 4 is 18.5 Å². The summed E-state index contributed by atoms with van der Waals surface area (Å²) in [7, 11) is 0. The maximum absolute atomic E-state index is 12.1. The first kappa shape index (κ1) is 12.1. The Morgan fingerprint density at radius 1 is 1.40 bits per heavy atom. The fraction of sp³-hybridized carbons (Fsp3) is 0.417. The molecule has 1 aromatic rings. The summed E-state index contributed by atoms with van der Waals surface area (Å²) in [6, 6.07) is 7.61. The molecule has 2 nitrogen and oxygen atoms in total. The maximum atomic E-state index is 12.1. The highest BCUT2D eigenvalue weighted by atomic mass is 32.1. The van der Waals surface area contributed by atoms with Crippen molar-refractivity contribution in [3.63, 3.8) is 0 Å². The van der Waals surface area contributed by atoms with Crippen LogP contribution in [0.25, 0.3) is 0 Å². The quantitative estimate of drug-likeness (QED) is 0.781. The minimum Gasteiger partial charge on any atom is -0.336 e. The molecular weight excluding hydrogens is 206 g/mol. The van der Waals surface area contributed by atoms with E-state index in [0.717, 1.165) is 11.4 Å². The smallest absolute Gasteiger partial charge is 0.255 e. The summed E-state index contributed by atoms with van der Waals surface area (Å²) in [5.41, 5.74) is 0.677. The number of nitrogens with zero attached hydrogens (tertiary/aromatic N) is 1. The molecule has 0 fully saturated rings. The fourth-order valence-corrected chi connectivity index (χ4v) is 1.81. The van der Waals surface area contributed by atoms with Gasteiger partial charge in [0.25, 0.3) is 5.91 Å². The van der Waals surface area contributed by atoms with Crippen molar-refractivity contribution in [3.8, 4) is 0 Å². The Morgan fingerprint density at radius 3 is 2.47 bits per heavy atom. The van der Waals surface area contributed by atoms with Crippen LogP contribution >= 0.6 is 12.6 Å². The van der Waals surface area contributed by atoms with Gasteiger partial charge in [-0.3, -0.25) is 4.79 Å². The van der Waals surface area contributed by atoms with Crippen molar-refractivity contribution in [1.82, 2.24) is 4.90 Å². The summed E-state index contributed by atoms with van der Waals surface area (Å²) < 4.78 is 0. The molecule has 1 aromatic carbocycles. The molecule has 3 heteroatoms. The molecule has 0 N–H and O–H groups in total. The van der Waals surface area contributed by atoms with E-state index in [1.54, 1.807) is 0 Å². The number of carbonyl (C=O) groups excluding carboxylic acids is 1. The number of carbonyl (C=O) groups is 1. The van der Waals surface area contributed by atoms with Crippen LogP contribution in [0.15, 0.2) is 29.2 Å². The van der Waals surface area contributed by atoms with Gasteiger partial charge in [-0.2, -0.15) is 0 Å². The normalized spacial score (nSPS) is 10.5. The predicted octanol–water partition coefficient (Wildman–Crippen LogP) is 2.85. The molecule has 0 bridgehead atoms. The van der Waals surface area contributed by atoms with Crippen molar-refractivity contribution in [2.24, 2.45) is 0 Å². The second-order valence-electron chi connectivity index (χ2n) is 3.70. The van der Waals surface area contributed by atoms with Crippen molar-refractivity contribution in [3.05, 3.63) is 29.8 Å². The van der Waals surface area contributed by atoms with Gasteiger partial charge in [0.05, 0.1) is 5.56 Å². The standard InChI is InChI=1S/C12H17NOS/c1-4-13(9(2)3)12(14)10-7-5-6-8-11(10)15/h5-9,15H,4H2,1-3H3. The van der Waals surface area contributed by atoms with Crippen LogP contribution in [0.3, 0.4) is 0 Å². The zero-order valence-electron chi connectivity index (χ0n) is 9.40. The van der Waals surface area contributed by atoms with E-state index in [1.807, 2.05) is 49.9 Å². The fourth-order valence-electron chi connectivity index (χ4n) is 1.55. The van der Waals surface area contributed by atoms with Crippen LogP contribution in [0.2, 0.25) is 0 Å². The molecule has 0 heterocycles. The summed E-state index contributed by atoms with van der Waals surface area (Å²) in [6.45, 7) is 6.74. The van der Waals surface area contributed by atoms with E-state index in [1.165, 1.54) is 0 Å². The second-order valence-corrected chi connectivity index (χ2v) is 4.18. The molecule has 0 spiro atoms. The Balaban J connectivity index is 2.98. The zero-order valence-corrected chi connectivity index (χ0v) is 10.3. The average molecular weight is 223 g/mol. The van der Waals surface area contributed by atoms with Gasteiger partial charge in [-0.25, -0.2) is 0 Å². The van der Waals surface area contributed by atoms with Crippen molar-refractivity contribution in [2.45, 2.75) is 31.7 Å². The van der Waals surface area contributed by atoms with E-state index in [0.29, 0.717) is 5.56 Å². The summed E-state index contributed by atoms with van der Waals surface area (Å²) in [6.07, 6.45) is 0. The molecule has 0 unspecified atom stereocenters. The minimum atomic E-state index is 0.0538. The van der Waals surface area contributed by atoms with Gasteiger partial charge in [0.15, 0.2) is 0 Å². The summed E-state index contributed by atoms with van der Waals surface area (Å²) >= 11 is 4.29.